The average Bonchev–Trinajstić information content (AvgIpc) is 2.61. The van der Waals surface area contributed by atoms with Crippen molar-refractivity contribution in [3.05, 3.63) is 61.6 Å². The molecular formula is C18H16Cl3N3O2S. The monoisotopic (exact) mass is 443 g/mol. The zero-order valence-electron chi connectivity index (χ0n) is 14.4. The number of thioether (sulfide) groups is 1. The number of rotatable bonds is 7. The van der Waals surface area contributed by atoms with Gasteiger partial charge in [0, 0.05) is 31.0 Å². The summed E-state index contributed by atoms with van der Waals surface area (Å²) < 4.78 is 6.78. The van der Waals surface area contributed by atoms with E-state index in [1.54, 1.807) is 42.0 Å². The van der Waals surface area contributed by atoms with Gasteiger partial charge < -0.3 is 4.74 Å². The van der Waals surface area contributed by atoms with Crippen molar-refractivity contribution in [3.63, 3.8) is 0 Å². The maximum Gasteiger partial charge on any atom is 0.262 e. The topological polar surface area (TPSA) is 57.0 Å². The number of halogens is 3. The van der Waals surface area contributed by atoms with Gasteiger partial charge in [-0.3, -0.25) is 9.36 Å². The van der Waals surface area contributed by atoms with E-state index < -0.39 is 0 Å². The molecule has 0 aliphatic carbocycles. The van der Waals surface area contributed by atoms with Crippen LogP contribution in [-0.2, 0) is 17.0 Å². The number of hydrogen-bond donors (Lipinski definition) is 0. The molecule has 0 fully saturated rings. The smallest absolute Gasteiger partial charge is 0.262 e. The lowest BCUT2D eigenvalue weighted by molar-refractivity contribution is 0.189. The Labute approximate surface area is 175 Å². The Morgan fingerprint density at radius 2 is 1.85 bits per heavy atom. The van der Waals surface area contributed by atoms with E-state index in [2.05, 4.69) is 9.97 Å². The van der Waals surface area contributed by atoms with Crippen molar-refractivity contribution in [3.8, 4) is 0 Å². The maximum absolute atomic E-state index is 12.9. The Morgan fingerprint density at radius 1 is 1.11 bits per heavy atom. The highest BCUT2D eigenvalue weighted by Gasteiger charge is 2.13. The molecule has 3 rings (SSSR count). The highest BCUT2D eigenvalue weighted by molar-refractivity contribution is 7.98. The molecule has 1 aromatic carbocycles. The number of fused-ring (bicyclic) bond motifs is 1. The summed E-state index contributed by atoms with van der Waals surface area (Å²) in [5, 5.41) is 2.34. The summed E-state index contributed by atoms with van der Waals surface area (Å²) in [6, 6.07) is 8.58. The van der Waals surface area contributed by atoms with E-state index >= 15 is 0 Å². The van der Waals surface area contributed by atoms with Crippen LogP contribution in [0.4, 0.5) is 0 Å². The number of aromatic nitrogens is 3. The Hall–Kier alpha value is -1.31. The summed E-state index contributed by atoms with van der Waals surface area (Å²) in [6.45, 7) is 1.07. The molecule has 0 atom stereocenters. The fraction of sp³-hybridized carbons (Fsp3) is 0.278. The molecule has 142 valence electrons. The highest BCUT2D eigenvalue weighted by atomic mass is 35.5. The van der Waals surface area contributed by atoms with Crippen LogP contribution < -0.4 is 5.56 Å². The minimum Gasteiger partial charge on any atom is -0.385 e. The van der Waals surface area contributed by atoms with Gasteiger partial charge in [-0.1, -0.05) is 46.6 Å². The molecule has 0 aliphatic heterocycles. The Morgan fingerprint density at radius 3 is 2.56 bits per heavy atom. The molecule has 5 nitrogen and oxygen atoms in total. The summed E-state index contributed by atoms with van der Waals surface area (Å²) in [5.41, 5.74) is 1.37. The Kier molecular flexibility index (Phi) is 7.00. The maximum atomic E-state index is 12.9. The van der Waals surface area contributed by atoms with E-state index in [0.717, 1.165) is 5.56 Å². The Balaban J connectivity index is 1.97. The van der Waals surface area contributed by atoms with Gasteiger partial charge in [0.25, 0.3) is 5.56 Å². The van der Waals surface area contributed by atoms with Crippen molar-refractivity contribution in [1.82, 2.24) is 14.5 Å². The van der Waals surface area contributed by atoms with Gasteiger partial charge in [-0.25, -0.2) is 9.97 Å². The third-order valence-electron chi connectivity index (χ3n) is 3.80. The van der Waals surface area contributed by atoms with Crippen molar-refractivity contribution in [2.75, 3.05) is 13.7 Å². The van der Waals surface area contributed by atoms with E-state index in [-0.39, 0.29) is 5.56 Å². The molecule has 0 N–H and O–H groups in total. The lowest BCUT2D eigenvalue weighted by atomic mass is 10.2. The van der Waals surface area contributed by atoms with Crippen LogP contribution in [0.15, 0.2) is 40.3 Å². The molecule has 0 saturated heterocycles. The summed E-state index contributed by atoms with van der Waals surface area (Å²) in [5.74, 6) is 0.546. The van der Waals surface area contributed by atoms with Gasteiger partial charge in [-0.05, 0) is 42.3 Å². The minimum absolute atomic E-state index is 0.0962. The van der Waals surface area contributed by atoms with Crippen LogP contribution in [0.3, 0.4) is 0 Å². The molecule has 0 spiro atoms. The lowest BCUT2D eigenvalue weighted by Crippen LogP contribution is -2.24. The first-order valence-electron chi connectivity index (χ1n) is 8.11. The SMILES string of the molecule is COCCCn1c(SCc2cc(Cl)nc(Cl)c2)nc2cc(Cl)ccc2c1=O. The first-order valence-corrected chi connectivity index (χ1v) is 10.2. The van der Waals surface area contributed by atoms with Crippen molar-refractivity contribution >= 4 is 57.5 Å². The molecule has 9 heteroatoms. The molecule has 0 bridgehead atoms. The van der Waals surface area contributed by atoms with Crippen LogP contribution in [0.2, 0.25) is 15.3 Å². The molecule has 0 amide bonds. The number of ether oxygens (including phenoxy) is 1. The van der Waals surface area contributed by atoms with Gasteiger partial charge in [0.2, 0.25) is 0 Å². The van der Waals surface area contributed by atoms with Gasteiger partial charge in [0.15, 0.2) is 5.16 Å². The fourth-order valence-electron chi connectivity index (χ4n) is 2.59. The van der Waals surface area contributed by atoms with Crippen LogP contribution >= 0.6 is 46.6 Å². The molecule has 3 aromatic rings. The van der Waals surface area contributed by atoms with Gasteiger partial charge in [0.1, 0.15) is 10.3 Å². The molecule has 0 radical (unpaired) electrons. The van der Waals surface area contributed by atoms with Gasteiger partial charge >= 0.3 is 0 Å². The second-order valence-corrected chi connectivity index (χ2v) is 7.92. The Bertz CT molecular complexity index is 1010. The van der Waals surface area contributed by atoms with Crippen LogP contribution in [0.1, 0.15) is 12.0 Å². The van der Waals surface area contributed by atoms with E-state index in [4.69, 9.17) is 39.5 Å². The standard InChI is InChI=1S/C18H16Cl3N3O2S/c1-26-6-2-5-24-17(25)13-4-3-12(19)9-14(13)22-18(24)27-10-11-7-15(20)23-16(21)8-11/h3-4,7-9H,2,5-6,10H2,1H3. The van der Waals surface area contributed by atoms with E-state index in [1.807, 2.05) is 0 Å². The summed E-state index contributed by atoms with van der Waals surface area (Å²) in [7, 11) is 1.63. The first-order chi connectivity index (χ1) is 13.0. The van der Waals surface area contributed by atoms with Crippen LogP contribution in [0.5, 0.6) is 0 Å². The summed E-state index contributed by atoms with van der Waals surface area (Å²) in [6.07, 6.45) is 0.706. The van der Waals surface area contributed by atoms with Crippen molar-refractivity contribution in [2.24, 2.45) is 0 Å². The minimum atomic E-state index is -0.0962. The zero-order valence-corrected chi connectivity index (χ0v) is 17.5. The third kappa shape index (κ3) is 5.15. The lowest BCUT2D eigenvalue weighted by Gasteiger charge is -2.13. The number of benzene rings is 1. The number of methoxy groups -OCH3 is 1. The molecule has 0 aliphatic rings. The second-order valence-electron chi connectivity index (χ2n) is 5.77. The van der Waals surface area contributed by atoms with Crippen LogP contribution in [0.25, 0.3) is 10.9 Å². The molecule has 0 saturated carbocycles. The van der Waals surface area contributed by atoms with Gasteiger partial charge in [0.05, 0.1) is 10.9 Å². The fourth-order valence-corrected chi connectivity index (χ4v) is 4.22. The van der Waals surface area contributed by atoms with Crippen molar-refractivity contribution < 1.29 is 4.74 Å². The normalized spacial score (nSPS) is 11.3. The van der Waals surface area contributed by atoms with Gasteiger partial charge in [-0.2, -0.15) is 0 Å². The summed E-state index contributed by atoms with van der Waals surface area (Å²) >= 11 is 19.4. The molecule has 0 unspecified atom stereocenters. The zero-order chi connectivity index (χ0) is 19.4. The molecule has 27 heavy (non-hydrogen) atoms. The largest absolute Gasteiger partial charge is 0.385 e. The first kappa shape index (κ1) is 20.4. The highest BCUT2D eigenvalue weighted by Crippen LogP contribution is 2.25. The quantitative estimate of drug-likeness (QED) is 0.220. The number of nitrogens with zero attached hydrogens (tertiary/aromatic N) is 3. The second kappa shape index (κ2) is 9.26. The van der Waals surface area contributed by atoms with Crippen molar-refractivity contribution in [2.45, 2.75) is 23.9 Å². The molecule has 2 heterocycles. The van der Waals surface area contributed by atoms with Crippen LogP contribution in [-0.4, -0.2) is 28.3 Å². The van der Waals surface area contributed by atoms with E-state index in [9.17, 15) is 4.79 Å². The summed E-state index contributed by atoms with van der Waals surface area (Å²) in [4.78, 5) is 21.5. The van der Waals surface area contributed by atoms with Crippen LogP contribution in [0, 0.1) is 0 Å². The molecular weight excluding hydrogens is 429 g/mol. The number of pyridine rings is 1. The van der Waals surface area contributed by atoms with Gasteiger partial charge in [-0.15, -0.1) is 0 Å². The predicted molar refractivity (Wildman–Crippen MR) is 111 cm³/mol. The molecule has 2 aromatic heterocycles. The number of hydrogen-bond acceptors (Lipinski definition) is 5. The predicted octanol–water partition coefficient (Wildman–Crippen LogP) is 5.08. The average molecular weight is 445 g/mol. The van der Waals surface area contributed by atoms with E-state index in [0.29, 0.717) is 56.7 Å². The van der Waals surface area contributed by atoms with E-state index in [1.165, 1.54) is 11.8 Å². The van der Waals surface area contributed by atoms with Crippen molar-refractivity contribution in [1.29, 1.82) is 0 Å². The third-order valence-corrected chi connectivity index (χ3v) is 5.47.